The number of rotatable bonds is 0. The van der Waals surface area contributed by atoms with Crippen molar-refractivity contribution in [3.05, 3.63) is 36.4 Å². The molecule has 1 aromatic rings. The molecule has 0 heterocycles. The minimum Gasteiger partial charge on any atom is -1.00 e. The van der Waals surface area contributed by atoms with Crippen LogP contribution in [0.3, 0.4) is 0 Å². The summed E-state index contributed by atoms with van der Waals surface area (Å²) < 4.78 is 0. The van der Waals surface area contributed by atoms with Crippen LogP contribution in [0.2, 0.25) is 0 Å². The second-order valence-corrected chi connectivity index (χ2v) is 1.15. The van der Waals surface area contributed by atoms with Crippen LogP contribution in [-0.4, -0.2) is 0 Å². The maximum absolute atomic E-state index is 2.00. The van der Waals surface area contributed by atoms with Crippen LogP contribution < -0.4 is 24.8 Å². The summed E-state index contributed by atoms with van der Waals surface area (Å²) in [6.07, 6.45) is 0. The van der Waals surface area contributed by atoms with Crippen molar-refractivity contribution in [2.24, 2.45) is 0 Å². The number of hydrogen-bond donors (Lipinski definition) is 0. The molecule has 0 unspecified atom stereocenters. The normalized spacial score (nSPS) is 5.33. The van der Waals surface area contributed by atoms with Gasteiger partial charge in [-0.25, -0.2) is 0 Å². The Morgan fingerprint density at radius 3 is 0.667 bits per heavy atom. The zero-order valence-electron chi connectivity index (χ0n) is 4.72. The largest absolute Gasteiger partial charge is 2.00 e. The van der Waals surface area contributed by atoms with E-state index in [9.17, 15) is 0 Å². The van der Waals surface area contributed by atoms with Crippen LogP contribution >= 0.6 is 0 Å². The molecule has 0 spiro atoms. The van der Waals surface area contributed by atoms with Gasteiger partial charge in [-0.1, -0.05) is 36.4 Å². The Balaban J connectivity index is -0.000000120. The molecule has 0 bridgehead atoms. The molecule has 9 heavy (non-hydrogen) atoms. The third kappa shape index (κ3) is 8.51. The fraction of sp³-hybridized carbons (Fsp3) is 0. The molecule has 0 saturated heterocycles. The molecule has 0 aliphatic rings. The predicted octanol–water partition coefficient (Wildman–Crippen LogP) is -4.31. The topological polar surface area (TPSA) is 0 Å². The molecular weight excluding hydrogens is 191 g/mol. The van der Waals surface area contributed by atoms with Gasteiger partial charge in [0.05, 0.1) is 0 Å². The molecule has 3 heteroatoms. The maximum Gasteiger partial charge on any atom is 2.00 e. The van der Waals surface area contributed by atoms with Gasteiger partial charge in [-0.2, -0.15) is 0 Å². The monoisotopic (exact) mass is 196 g/mol. The summed E-state index contributed by atoms with van der Waals surface area (Å²) in [5, 5.41) is 0. The Bertz CT molecular complexity index is 83.0. The smallest absolute Gasteiger partial charge is 1.00 e. The molecule has 0 atom stereocenters. The van der Waals surface area contributed by atoms with Gasteiger partial charge in [0.1, 0.15) is 0 Å². The van der Waals surface area contributed by atoms with E-state index in [2.05, 4.69) is 0 Å². The van der Waals surface area contributed by atoms with Crippen molar-refractivity contribution in [2.75, 3.05) is 0 Å². The first-order valence-electron chi connectivity index (χ1n) is 2.00. The first-order valence-corrected chi connectivity index (χ1v) is 2.00. The first-order chi connectivity index (χ1) is 3.00. The Kier molecular flexibility index (Phi) is 20.5. The fourth-order valence-electron chi connectivity index (χ4n) is 0.385. The molecule has 0 aliphatic carbocycles. The quantitative estimate of drug-likeness (QED) is 0.369. The van der Waals surface area contributed by atoms with E-state index in [1.807, 2.05) is 36.4 Å². The van der Waals surface area contributed by atoms with Crippen LogP contribution in [0.25, 0.3) is 0 Å². The Hall–Kier alpha value is 0.514. The van der Waals surface area contributed by atoms with Crippen molar-refractivity contribution in [3.8, 4) is 0 Å². The summed E-state index contributed by atoms with van der Waals surface area (Å²) in [7, 11) is 0. The molecule has 0 amide bonds. The Labute approximate surface area is 82.7 Å². The average Bonchev–Trinajstić information content (AvgIpc) is 1.72. The van der Waals surface area contributed by atoms with E-state index in [4.69, 9.17) is 0 Å². The minimum atomic E-state index is 0. The molecule has 0 fully saturated rings. The summed E-state index contributed by atoms with van der Waals surface area (Å²) >= 11 is 0. The maximum atomic E-state index is 2.00. The van der Waals surface area contributed by atoms with Gasteiger partial charge in [-0.05, 0) is 0 Å². The number of halogens is 2. The molecule has 1 rings (SSSR count). The molecule has 0 aromatic heterocycles. The summed E-state index contributed by atoms with van der Waals surface area (Å²) in [6.45, 7) is 0. The van der Waals surface area contributed by atoms with E-state index < -0.39 is 0 Å². The molecule has 0 aliphatic heterocycles. The standard InChI is InChI=1S/C6H6.2ClH.Ti/c1-2-4-6-5-3-1;;;/h1-6H;2*1H;/q;;;+2/p-2. The van der Waals surface area contributed by atoms with Gasteiger partial charge in [0.15, 0.2) is 0 Å². The van der Waals surface area contributed by atoms with Crippen molar-refractivity contribution >= 4 is 0 Å². The van der Waals surface area contributed by atoms with Crippen LogP contribution in [0.4, 0.5) is 0 Å². The van der Waals surface area contributed by atoms with E-state index in [0.717, 1.165) is 0 Å². The molecule has 0 N–H and O–H groups in total. The van der Waals surface area contributed by atoms with Gasteiger partial charge in [0, 0.05) is 0 Å². The number of hydrogen-bond acceptors (Lipinski definition) is 0. The van der Waals surface area contributed by atoms with E-state index in [0.29, 0.717) is 0 Å². The third-order valence-electron chi connectivity index (χ3n) is 0.667. The second-order valence-electron chi connectivity index (χ2n) is 1.15. The SMILES string of the molecule is [Cl-].[Cl-].[Ti+2].c1ccccc1. The molecule has 0 nitrogen and oxygen atoms in total. The Morgan fingerprint density at radius 2 is 0.556 bits per heavy atom. The zero-order valence-corrected chi connectivity index (χ0v) is 7.79. The predicted molar refractivity (Wildman–Crippen MR) is 26.4 cm³/mol. The minimum absolute atomic E-state index is 0. The molecule has 1 aromatic carbocycles. The summed E-state index contributed by atoms with van der Waals surface area (Å²) in [5.74, 6) is 0. The van der Waals surface area contributed by atoms with E-state index in [1.54, 1.807) is 0 Å². The van der Waals surface area contributed by atoms with Gasteiger partial charge in [-0.15, -0.1) is 0 Å². The molecule has 0 saturated carbocycles. The van der Waals surface area contributed by atoms with Gasteiger partial charge in [0.2, 0.25) is 0 Å². The van der Waals surface area contributed by atoms with Crippen LogP contribution in [0, 0.1) is 0 Å². The second kappa shape index (κ2) is 11.3. The summed E-state index contributed by atoms with van der Waals surface area (Å²) in [6, 6.07) is 12.0. The van der Waals surface area contributed by atoms with Crippen molar-refractivity contribution in [1.29, 1.82) is 0 Å². The number of benzene rings is 1. The van der Waals surface area contributed by atoms with Gasteiger partial charge >= 0.3 is 21.7 Å². The van der Waals surface area contributed by atoms with Gasteiger partial charge in [-0.3, -0.25) is 0 Å². The van der Waals surface area contributed by atoms with Crippen molar-refractivity contribution in [1.82, 2.24) is 0 Å². The van der Waals surface area contributed by atoms with E-state index in [1.165, 1.54) is 0 Å². The third-order valence-corrected chi connectivity index (χ3v) is 0.667. The molecule has 0 radical (unpaired) electrons. The van der Waals surface area contributed by atoms with Gasteiger partial charge < -0.3 is 24.8 Å². The zero-order chi connectivity index (χ0) is 4.24. The van der Waals surface area contributed by atoms with Gasteiger partial charge in [0.25, 0.3) is 0 Å². The van der Waals surface area contributed by atoms with Crippen LogP contribution in [0.1, 0.15) is 0 Å². The van der Waals surface area contributed by atoms with Crippen molar-refractivity contribution in [2.45, 2.75) is 0 Å². The molecular formula is C6H6Cl2Ti. The average molecular weight is 197 g/mol. The van der Waals surface area contributed by atoms with Crippen LogP contribution in [0.15, 0.2) is 36.4 Å². The molecule has 48 valence electrons. The van der Waals surface area contributed by atoms with Crippen molar-refractivity contribution in [3.63, 3.8) is 0 Å². The van der Waals surface area contributed by atoms with E-state index >= 15 is 0 Å². The fourth-order valence-corrected chi connectivity index (χ4v) is 0.385. The van der Waals surface area contributed by atoms with Crippen LogP contribution in [-0.2, 0) is 21.7 Å². The van der Waals surface area contributed by atoms with E-state index in [-0.39, 0.29) is 46.5 Å². The Morgan fingerprint density at radius 1 is 0.444 bits per heavy atom. The summed E-state index contributed by atoms with van der Waals surface area (Å²) in [4.78, 5) is 0. The first kappa shape index (κ1) is 16.3. The van der Waals surface area contributed by atoms with Crippen LogP contribution in [0.5, 0.6) is 0 Å². The van der Waals surface area contributed by atoms with Crippen molar-refractivity contribution < 1.29 is 46.5 Å². The summed E-state index contributed by atoms with van der Waals surface area (Å²) in [5.41, 5.74) is 0.